The Bertz CT molecular complexity index is 2120. The molecule has 5 unspecified atom stereocenters. The monoisotopic (exact) mass is 1170 g/mol. The molecule has 0 aliphatic carbocycles. The number of nitrogens with one attached hydrogen (secondary N) is 8. The predicted octanol–water partition coefficient (Wildman–Crippen LogP) is 1.91. The second-order valence-electron chi connectivity index (χ2n) is 18.9. The number of likely N-dealkylation sites (N-methyl/N-ethyl adjacent to an activating group) is 1. The lowest BCUT2D eigenvalue weighted by atomic mass is 10.1. The maximum atomic E-state index is 14.7. The summed E-state index contributed by atoms with van der Waals surface area (Å²) in [5, 5.41) is 17.8. The van der Waals surface area contributed by atoms with Crippen LogP contribution in [0.1, 0.15) is 31.4 Å². The molecule has 8 N–H and O–H groups in total. The van der Waals surface area contributed by atoms with Crippen LogP contribution in [-0.2, 0) is 42.7 Å². The van der Waals surface area contributed by atoms with Crippen LogP contribution in [0.5, 0.6) is 11.5 Å². The van der Waals surface area contributed by atoms with E-state index >= 15 is 0 Å². The number of ether oxygens (including phenoxy) is 9. The second-order valence-corrected chi connectivity index (χ2v) is 22.0. The number of rotatable bonds is 37. The third-order valence-corrected chi connectivity index (χ3v) is 16.0. The first-order chi connectivity index (χ1) is 38.4. The molecule has 444 valence electrons. The normalized spacial score (nSPS) is 21.5. The highest BCUT2D eigenvalue weighted by molar-refractivity contribution is 8.01. The van der Waals surface area contributed by atoms with Crippen molar-refractivity contribution in [3.05, 3.63) is 53.8 Å². The smallest absolute Gasteiger partial charge is 0.321 e. The standard InChI is InChI=1S/C51H81ClFN11O13S2/c1-36(42-9-8-41(69-3)31-44(42)53)55-47(66)45(79-48-43(52)32-54-49(67)58-48)10-16-70-18-20-72-21-19-71-17-15-64-33-39(60-61-64)34-76-27-26-74-23-22-73-24-25-75-28-29-77-40-6-4-37(5-7-40)56-50(68)59-51-57-38(35-78-51)30-46(65)63-13-11-62(2)12-14-63/h4-9,31,36,38-39,43,45,48,51,57,60-61H,10-30,32-35H2,1-3H3,(H,55,66)(H2,54,58,67)(H2,56,59,68)/t36-,38?,39?,43?,45-,48?,51?/m1/s1. The number of anilines is 1. The number of hydrogen-bond acceptors (Lipinski definition) is 20. The number of hydrazine groups is 2. The van der Waals surface area contributed by atoms with Gasteiger partial charge in [-0.05, 0) is 50.7 Å². The van der Waals surface area contributed by atoms with Crippen molar-refractivity contribution < 1.29 is 66.2 Å². The Kier molecular flexibility index (Phi) is 29.6. The van der Waals surface area contributed by atoms with Crippen LogP contribution < -0.4 is 52.3 Å². The fourth-order valence-corrected chi connectivity index (χ4v) is 11.0. The van der Waals surface area contributed by atoms with Crippen molar-refractivity contribution in [2.24, 2.45) is 0 Å². The molecule has 0 bridgehead atoms. The molecule has 4 aliphatic rings. The van der Waals surface area contributed by atoms with Gasteiger partial charge < -0.3 is 79.0 Å². The van der Waals surface area contributed by atoms with Crippen LogP contribution in [0.3, 0.4) is 0 Å². The highest BCUT2D eigenvalue weighted by atomic mass is 35.5. The molecular formula is C51H81ClFN11O13S2. The van der Waals surface area contributed by atoms with E-state index in [0.717, 1.165) is 38.5 Å². The number of piperazine rings is 1. The topological polar surface area (TPSA) is 257 Å². The summed E-state index contributed by atoms with van der Waals surface area (Å²) in [5.41, 5.74) is 7.04. The zero-order chi connectivity index (χ0) is 56.0. The number of nitrogens with zero attached hydrogens (tertiary/aromatic N) is 3. The van der Waals surface area contributed by atoms with Crippen LogP contribution in [0, 0.1) is 5.82 Å². The van der Waals surface area contributed by atoms with Gasteiger partial charge in [-0.15, -0.1) is 35.1 Å². The minimum atomic E-state index is -0.636. The quantitative estimate of drug-likeness (QED) is 0.0355. The molecule has 0 spiro atoms. The molecule has 0 aromatic heterocycles. The summed E-state index contributed by atoms with van der Waals surface area (Å²) in [5.74, 6) is 1.12. The number of carbonyl (C=O) groups excluding carboxylic acids is 4. The molecule has 2 aromatic rings. The minimum absolute atomic E-state index is 0.0195. The van der Waals surface area contributed by atoms with Gasteiger partial charge in [-0.1, -0.05) is 6.07 Å². The Balaban J connectivity index is 0.678. The van der Waals surface area contributed by atoms with Crippen LogP contribution in [0.4, 0.5) is 19.7 Å². The molecular weight excluding hydrogens is 1090 g/mol. The predicted molar refractivity (Wildman–Crippen MR) is 299 cm³/mol. The Hall–Kier alpha value is -4.04. The van der Waals surface area contributed by atoms with Gasteiger partial charge in [0.05, 0.1) is 121 Å². The third-order valence-electron chi connectivity index (χ3n) is 12.8. The minimum Gasteiger partial charge on any atom is -0.497 e. The number of urea groups is 2. The van der Waals surface area contributed by atoms with Crippen LogP contribution in [0.15, 0.2) is 42.5 Å². The van der Waals surface area contributed by atoms with Gasteiger partial charge in [0.25, 0.3) is 0 Å². The summed E-state index contributed by atoms with van der Waals surface area (Å²) in [6, 6.07) is 10.4. The lowest BCUT2D eigenvalue weighted by molar-refractivity contribution is -0.133. The lowest BCUT2D eigenvalue weighted by Crippen LogP contribution is -2.55. The fraction of sp³-hybridized carbons (Fsp3) is 0.686. The summed E-state index contributed by atoms with van der Waals surface area (Å²) in [7, 11) is 3.52. The fourth-order valence-electron chi connectivity index (χ4n) is 8.33. The molecule has 4 fully saturated rings. The number of halogens is 2. The largest absolute Gasteiger partial charge is 0.497 e. The highest BCUT2D eigenvalue weighted by Crippen LogP contribution is 2.28. The van der Waals surface area contributed by atoms with Gasteiger partial charge in [0, 0.05) is 88.0 Å². The van der Waals surface area contributed by atoms with Gasteiger partial charge in [0.15, 0.2) is 0 Å². The van der Waals surface area contributed by atoms with E-state index in [1.165, 1.54) is 24.9 Å². The number of carbonyl (C=O) groups is 4. The SMILES string of the molecule is COc1ccc([C@@H](C)NC(=O)[C@@H](CCOCCOCCOCCN2CC(COCCOCCOCCOCCOc3ccc(NC(=O)NC4NC(CC(=O)N5CCN(C)CC5)CS4)cc3)NN2)SC2NC(=O)NCC2Cl)c(F)c1. The lowest BCUT2D eigenvalue weighted by Gasteiger charge is -2.33. The van der Waals surface area contributed by atoms with Crippen molar-refractivity contribution in [3.63, 3.8) is 0 Å². The molecule has 6 amide bonds. The van der Waals surface area contributed by atoms with Crippen LogP contribution in [-0.4, -0.2) is 237 Å². The van der Waals surface area contributed by atoms with E-state index in [4.69, 9.17) is 54.2 Å². The van der Waals surface area contributed by atoms with E-state index in [1.54, 1.807) is 55.1 Å². The summed E-state index contributed by atoms with van der Waals surface area (Å²) in [6.07, 6.45) is 0.750. The molecule has 4 heterocycles. The zero-order valence-electron chi connectivity index (χ0n) is 45.5. The molecule has 0 radical (unpaired) electrons. The van der Waals surface area contributed by atoms with Crippen molar-refractivity contribution in [3.8, 4) is 11.5 Å². The molecule has 2 aromatic carbocycles. The van der Waals surface area contributed by atoms with Crippen LogP contribution in [0.25, 0.3) is 0 Å². The van der Waals surface area contributed by atoms with Gasteiger partial charge in [-0.25, -0.2) is 24.4 Å². The number of hydrogen-bond donors (Lipinski definition) is 8. The van der Waals surface area contributed by atoms with E-state index in [-0.39, 0.29) is 54.6 Å². The summed E-state index contributed by atoms with van der Waals surface area (Å²) in [6.45, 7) is 12.9. The molecule has 7 atom stereocenters. The van der Waals surface area contributed by atoms with Crippen LogP contribution in [0.2, 0.25) is 0 Å². The first-order valence-corrected chi connectivity index (χ1v) is 29.3. The van der Waals surface area contributed by atoms with Gasteiger partial charge in [-0.2, -0.15) is 5.53 Å². The average Bonchev–Trinajstić information content (AvgIpc) is 4.10. The number of amides is 6. The first kappa shape index (κ1) is 64.1. The number of methoxy groups -OCH3 is 1. The van der Waals surface area contributed by atoms with Crippen molar-refractivity contribution in [2.75, 3.05) is 170 Å². The molecule has 4 saturated heterocycles. The Morgan fingerprint density at radius 2 is 1.46 bits per heavy atom. The van der Waals surface area contributed by atoms with Gasteiger partial charge in [-0.3, -0.25) is 14.9 Å². The first-order valence-electron chi connectivity index (χ1n) is 26.8. The van der Waals surface area contributed by atoms with Crippen molar-refractivity contribution in [1.82, 2.24) is 52.4 Å². The Morgan fingerprint density at radius 3 is 2.13 bits per heavy atom. The number of alkyl halides is 1. The summed E-state index contributed by atoms with van der Waals surface area (Å²) >= 11 is 9.27. The van der Waals surface area contributed by atoms with E-state index < -0.39 is 27.9 Å². The second kappa shape index (κ2) is 36.4. The van der Waals surface area contributed by atoms with E-state index in [2.05, 4.69) is 54.8 Å². The van der Waals surface area contributed by atoms with E-state index in [0.29, 0.717) is 135 Å². The van der Waals surface area contributed by atoms with Crippen LogP contribution >= 0.6 is 35.1 Å². The van der Waals surface area contributed by atoms with Gasteiger partial charge in [0.2, 0.25) is 11.8 Å². The highest BCUT2D eigenvalue weighted by Gasteiger charge is 2.34. The van der Waals surface area contributed by atoms with Gasteiger partial charge in [0.1, 0.15) is 29.4 Å². The molecule has 24 nitrogen and oxygen atoms in total. The average molecular weight is 1170 g/mol. The van der Waals surface area contributed by atoms with E-state index in [1.807, 2.05) is 9.91 Å². The molecule has 6 rings (SSSR count). The van der Waals surface area contributed by atoms with Crippen molar-refractivity contribution in [1.29, 1.82) is 0 Å². The molecule has 4 aliphatic heterocycles. The maximum absolute atomic E-state index is 14.7. The van der Waals surface area contributed by atoms with Crippen molar-refractivity contribution in [2.45, 2.75) is 59.4 Å². The third kappa shape index (κ3) is 24.5. The summed E-state index contributed by atoms with van der Waals surface area (Å²) in [4.78, 5) is 54.9. The Morgan fingerprint density at radius 1 is 0.823 bits per heavy atom. The summed E-state index contributed by atoms with van der Waals surface area (Å²) < 4.78 is 65.4. The maximum Gasteiger partial charge on any atom is 0.321 e. The number of benzene rings is 2. The molecule has 79 heavy (non-hydrogen) atoms. The molecule has 0 saturated carbocycles. The van der Waals surface area contributed by atoms with Crippen molar-refractivity contribution >= 4 is 64.7 Å². The van der Waals surface area contributed by atoms with E-state index in [9.17, 15) is 23.6 Å². The zero-order valence-corrected chi connectivity index (χ0v) is 47.9. The Labute approximate surface area is 476 Å². The number of thioether (sulfide) groups is 2. The molecule has 28 heteroatoms. The van der Waals surface area contributed by atoms with Gasteiger partial charge >= 0.3 is 12.1 Å².